The number of halogens is 4. The lowest BCUT2D eigenvalue weighted by atomic mass is 9.86. The van der Waals surface area contributed by atoms with Crippen LogP contribution in [-0.4, -0.2) is 39.5 Å². The zero-order valence-corrected chi connectivity index (χ0v) is 23.9. The van der Waals surface area contributed by atoms with E-state index in [9.17, 15) is 27.2 Å². The van der Waals surface area contributed by atoms with Gasteiger partial charge in [0.05, 0.1) is 42.1 Å². The maximum atomic E-state index is 14.5. The van der Waals surface area contributed by atoms with Crippen LogP contribution in [0.4, 0.5) is 17.6 Å². The number of carbonyl (C=O) groups excluding carboxylic acids is 1. The van der Waals surface area contributed by atoms with Crippen LogP contribution in [0, 0.1) is 5.82 Å². The summed E-state index contributed by atoms with van der Waals surface area (Å²) in [6.07, 6.45) is -2.88. The number of rotatable bonds is 7. The number of methoxy groups -OCH3 is 2. The molecule has 5 aromatic rings. The molecule has 232 valence electrons. The number of amides is 1. The lowest BCUT2D eigenvalue weighted by molar-refractivity contribution is -0.138. The third kappa shape index (κ3) is 5.21. The Labute approximate surface area is 252 Å². The molecule has 3 heterocycles. The zero-order chi connectivity index (χ0) is 32.0. The number of fused-ring (bicyclic) bond motifs is 2. The number of alkyl halides is 3. The van der Waals surface area contributed by atoms with Crippen LogP contribution in [0.1, 0.15) is 45.9 Å². The van der Waals surface area contributed by atoms with Crippen LogP contribution in [0.5, 0.6) is 23.1 Å². The van der Waals surface area contributed by atoms with Gasteiger partial charge in [0.25, 0.3) is 11.5 Å². The van der Waals surface area contributed by atoms with Crippen LogP contribution in [0.3, 0.4) is 0 Å². The molecule has 0 bridgehead atoms. The molecule has 0 spiro atoms. The SMILES string of the molecule is COc1cc2ncnc(Oc3ccc(C4CCCn5c4c(C(N)=O)c(=O)n5-c4ccc(F)cc4)cc3C(F)(F)F)c2cc1OC. The van der Waals surface area contributed by atoms with Gasteiger partial charge in [-0.15, -0.1) is 0 Å². The molecule has 1 aliphatic rings. The van der Waals surface area contributed by atoms with Crippen molar-refractivity contribution >= 4 is 16.8 Å². The predicted octanol–water partition coefficient (Wildman–Crippen LogP) is 5.57. The fraction of sp³-hybridized carbons (Fsp3) is 0.226. The van der Waals surface area contributed by atoms with E-state index in [1.54, 1.807) is 6.07 Å². The molecule has 3 aromatic carbocycles. The molecule has 0 aliphatic carbocycles. The molecule has 0 fully saturated rings. The topological polar surface area (TPSA) is 123 Å². The van der Waals surface area contributed by atoms with E-state index in [0.29, 0.717) is 29.9 Å². The Bertz CT molecular complexity index is 2000. The van der Waals surface area contributed by atoms with Gasteiger partial charge < -0.3 is 19.9 Å². The first-order chi connectivity index (χ1) is 21.5. The molecule has 14 heteroatoms. The van der Waals surface area contributed by atoms with Gasteiger partial charge in [-0.05, 0) is 60.9 Å². The highest BCUT2D eigenvalue weighted by Gasteiger charge is 2.38. The fourth-order valence-corrected chi connectivity index (χ4v) is 5.73. The molecule has 1 amide bonds. The fourth-order valence-electron chi connectivity index (χ4n) is 5.73. The molecule has 0 radical (unpaired) electrons. The Morgan fingerprint density at radius 3 is 2.36 bits per heavy atom. The van der Waals surface area contributed by atoms with E-state index in [1.807, 2.05) is 0 Å². The van der Waals surface area contributed by atoms with Gasteiger partial charge in [0.15, 0.2) is 11.5 Å². The number of nitrogens with two attached hydrogens (primary N) is 1. The van der Waals surface area contributed by atoms with Gasteiger partial charge in [-0.1, -0.05) is 6.07 Å². The number of primary amides is 1. The van der Waals surface area contributed by atoms with E-state index in [0.717, 1.165) is 24.5 Å². The normalized spacial score (nSPS) is 14.7. The second kappa shape index (κ2) is 11.3. The van der Waals surface area contributed by atoms with Gasteiger partial charge >= 0.3 is 6.18 Å². The average molecular weight is 624 g/mol. The van der Waals surface area contributed by atoms with Crippen LogP contribution in [0.25, 0.3) is 16.6 Å². The van der Waals surface area contributed by atoms with E-state index in [2.05, 4.69) is 9.97 Å². The highest BCUT2D eigenvalue weighted by atomic mass is 19.4. The van der Waals surface area contributed by atoms with Crippen LogP contribution in [0.15, 0.2) is 65.7 Å². The maximum Gasteiger partial charge on any atom is 0.419 e. The lowest BCUT2D eigenvalue weighted by Crippen LogP contribution is -2.26. The first-order valence-corrected chi connectivity index (χ1v) is 13.7. The summed E-state index contributed by atoms with van der Waals surface area (Å²) in [6, 6.07) is 11.7. The molecule has 2 aromatic heterocycles. The van der Waals surface area contributed by atoms with Crippen LogP contribution in [-0.2, 0) is 12.7 Å². The molecular formula is C31H25F4N5O5. The van der Waals surface area contributed by atoms with Gasteiger partial charge in [0.1, 0.15) is 23.5 Å². The van der Waals surface area contributed by atoms with Crippen molar-refractivity contribution in [2.75, 3.05) is 14.2 Å². The van der Waals surface area contributed by atoms with Gasteiger partial charge in [-0.3, -0.25) is 14.3 Å². The summed E-state index contributed by atoms with van der Waals surface area (Å²) < 4.78 is 76.3. The smallest absolute Gasteiger partial charge is 0.419 e. The zero-order valence-electron chi connectivity index (χ0n) is 23.9. The van der Waals surface area contributed by atoms with Crippen molar-refractivity contribution < 1.29 is 36.6 Å². The first kappa shape index (κ1) is 29.7. The number of nitrogens with zero attached hydrogens (tertiary/aromatic N) is 4. The maximum absolute atomic E-state index is 14.5. The van der Waals surface area contributed by atoms with Gasteiger partial charge in [-0.2, -0.15) is 13.2 Å². The monoisotopic (exact) mass is 623 g/mol. The van der Waals surface area contributed by atoms with E-state index in [1.165, 1.54) is 53.9 Å². The number of aromatic nitrogens is 4. The lowest BCUT2D eigenvalue weighted by Gasteiger charge is -2.28. The Morgan fingerprint density at radius 2 is 1.69 bits per heavy atom. The summed E-state index contributed by atoms with van der Waals surface area (Å²) in [5.41, 5.74) is 4.48. The molecule has 0 saturated heterocycles. The summed E-state index contributed by atoms with van der Waals surface area (Å²) in [7, 11) is 2.85. The molecule has 6 rings (SSSR count). The quantitative estimate of drug-likeness (QED) is 0.235. The molecule has 45 heavy (non-hydrogen) atoms. The average Bonchev–Trinajstić information content (AvgIpc) is 3.32. The second-order valence-electron chi connectivity index (χ2n) is 10.3. The Hall–Kier alpha value is -5.40. The molecule has 1 atom stereocenters. The van der Waals surface area contributed by atoms with Crippen LogP contribution in [0.2, 0.25) is 0 Å². The summed E-state index contributed by atoms with van der Waals surface area (Å²) >= 11 is 0. The first-order valence-electron chi connectivity index (χ1n) is 13.7. The number of hydrogen-bond acceptors (Lipinski definition) is 7. The highest BCUT2D eigenvalue weighted by molar-refractivity contribution is 5.94. The minimum absolute atomic E-state index is 0.141. The number of carbonyl (C=O) groups is 1. The van der Waals surface area contributed by atoms with Crippen LogP contribution < -0.4 is 25.5 Å². The van der Waals surface area contributed by atoms with Gasteiger partial charge in [0, 0.05) is 18.5 Å². The summed E-state index contributed by atoms with van der Waals surface area (Å²) in [6.45, 7) is 0.286. The van der Waals surface area contributed by atoms with E-state index < -0.39 is 40.7 Å². The Balaban J connectivity index is 1.47. The van der Waals surface area contributed by atoms with Crippen LogP contribution >= 0.6 is 0 Å². The molecular weight excluding hydrogens is 598 g/mol. The number of ether oxygens (including phenoxy) is 3. The van der Waals surface area contributed by atoms with Crippen molar-refractivity contribution in [3.05, 3.63) is 99.5 Å². The second-order valence-corrected chi connectivity index (χ2v) is 10.3. The van der Waals surface area contributed by atoms with Crippen molar-refractivity contribution in [3.63, 3.8) is 0 Å². The molecule has 1 aliphatic heterocycles. The largest absolute Gasteiger partial charge is 0.493 e. The van der Waals surface area contributed by atoms with Crippen molar-refractivity contribution in [2.45, 2.75) is 31.5 Å². The van der Waals surface area contributed by atoms with Crippen molar-refractivity contribution in [2.24, 2.45) is 5.73 Å². The number of benzene rings is 3. The third-order valence-electron chi connectivity index (χ3n) is 7.71. The summed E-state index contributed by atoms with van der Waals surface area (Å²) in [5, 5.41) is 0.289. The highest BCUT2D eigenvalue weighted by Crippen LogP contribution is 2.44. The third-order valence-corrected chi connectivity index (χ3v) is 7.71. The molecule has 10 nitrogen and oxygen atoms in total. The van der Waals surface area contributed by atoms with Crippen molar-refractivity contribution in [3.8, 4) is 28.8 Å². The molecule has 0 saturated carbocycles. The van der Waals surface area contributed by atoms with E-state index in [-0.39, 0.29) is 40.3 Å². The summed E-state index contributed by atoms with van der Waals surface area (Å²) in [5.74, 6) is -2.33. The Kier molecular flexibility index (Phi) is 7.43. The molecule has 2 N–H and O–H groups in total. The number of hydrogen-bond donors (Lipinski definition) is 1. The summed E-state index contributed by atoms with van der Waals surface area (Å²) in [4.78, 5) is 34.2. The minimum atomic E-state index is -4.85. The molecule has 1 unspecified atom stereocenters. The van der Waals surface area contributed by atoms with Crippen molar-refractivity contribution in [1.29, 1.82) is 0 Å². The standard InChI is InChI=1S/C31H25F4N5O5/c1-43-24-13-20-22(14-25(24)44-2)37-15-38-29(20)45-23-10-5-16(12-21(23)31(33,34)35)19-4-3-11-39-27(19)26(28(36)41)30(42)40(39)18-8-6-17(32)7-9-18/h5-10,12-15,19H,3-4,11H2,1-2H3,(H2,36,41). The van der Waals surface area contributed by atoms with Gasteiger partial charge in [-0.25, -0.2) is 19.0 Å². The van der Waals surface area contributed by atoms with Crippen molar-refractivity contribution in [1.82, 2.24) is 19.3 Å². The van der Waals surface area contributed by atoms with E-state index >= 15 is 0 Å². The predicted molar refractivity (Wildman–Crippen MR) is 154 cm³/mol. The Morgan fingerprint density at radius 1 is 0.978 bits per heavy atom. The van der Waals surface area contributed by atoms with E-state index in [4.69, 9.17) is 19.9 Å². The minimum Gasteiger partial charge on any atom is -0.493 e. The van der Waals surface area contributed by atoms with Gasteiger partial charge in [0.2, 0.25) is 5.88 Å².